The lowest BCUT2D eigenvalue weighted by atomic mass is 10.1. The van der Waals surface area contributed by atoms with Gasteiger partial charge in [0, 0.05) is 27.8 Å². The molecule has 1 aromatic heterocycles. The number of nitrogens with one attached hydrogen (secondary N) is 1. The molecule has 0 spiro atoms. The van der Waals surface area contributed by atoms with Crippen molar-refractivity contribution in [2.75, 3.05) is 5.32 Å². The van der Waals surface area contributed by atoms with Gasteiger partial charge in [-0.2, -0.15) is 0 Å². The number of nitrogens with zero attached hydrogens (tertiary/aromatic N) is 1. The van der Waals surface area contributed by atoms with Gasteiger partial charge in [-0.25, -0.2) is 0 Å². The van der Waals surface area contributed by atoms with E-state index in [0.29, 0.717) is 0 Å². The summed E-state index contributed by atoms with van der Waals surface area (Å²) in [5.74, 6) is 0. The Labute approximate surface area is 101 Å². The second kappa shape index (κ2) is 3.95. The molecule has 0 amide bonds. The Morgan fingerprint density at radius 2 is 1.94 bits per heavy atom. The van der Waals surface area contributed by atoms with Crippen molar-refractivity contribution in [2.24, 2.45) is 0 Å². The minimum Gasteiger partial charge on any atom is -0.380 e. The topological polar surface area (TPSA) is 24.9 Å². The largest absolute Gasteiger partial charge is 0.380 e. The van der Waals surface area contributed by atoms with E-state index in [4.69, 9.17) is 11.6 Å². The smallest absolute Gasteiger partial charge is 0.0723 e. The van der Waals surface area contributed by atoms with Gasteiger partial charge in [-0.05, 0) is 45.0 Å². The van der Waals surface area contributed by atoms with Crippen molar-refractivity contribution in [1.82, 2.24) is 4.98 Å². The van der Waals surface area contributed by atoms with Gasteiger partial charge < -0.3 is 5.32 Å². The van der Waals surface area contributed by atoms with Gasteiger partial charge in [0.2, 0.25) is 0 Å². The van der Waals surface area contributed by atoms with Crippen LogP contribution in [-0.2, 0) is 0 Å². The standard InChI is InChI=1S/C13H15ClN2/c1-13(2,3)16-12-6-7-15-11-5-4-9(14)8-10(11)12/h4-8H,1-3H3,(H,15,16). The van der Waals surface area contributed by atoms with E-state index < -0.39 is 0 Å². The zero-order chi connectivity index (χ0) is 11.8. The summed E-state index contributed by atoms with van der Waals surface area (Å²) in [7, 11) is 0. The number of hydrogen-bond donors (Lipinski definition) is 1. The highest BCUT2D eigenvalue weighted by molar-refractivity contribution is 6.31. The van der Waals surface area contributed by atoms with Crippen molar-refractivity contribution in [3.63, 3.8) is 0 Å². The van der Waals surface area contributed by atoms with Crippen LogP contribution in [0.25, 0.3) is 10.9 Å². The normalized spacial score (nSPS) is 11.8. The van der Waals surface area contributed by atoms with E-state index in [2.05, 4.69) is 31.1 Å². The van der Waals surface area contributed by atoms with Crippen molar-refractivity contribution in [3.8, 4) is 0 Å². The number of rotatable bonds is 1. The maximum absolute atomic E-state index is 6.01. The van der Waals surface area contributed by atoms with Gasteiger partial charge >= 0.3 is 0 Å². The van der Waals surface area contributed by atoms with Crippen LogP contribution >= 0.6 is 11.6 Å². The summed E-state index contributed by atoms with van der Waals surface area (Å²) in [5.41, 5.74) is 2.05. The summed E-state index contributed by atoms with van der Waals surface area (Å²) in [6.07, 6.45) is 1.81. The first kappa shape index (κ1) is 11.2. The molecular formula is C13H15ClN2. The quantitative estimate of drug-likeness (QED) is 0.804. The first-order valence-corrected chi connectivity index (χ1v) is 5.66. The molecule has 1 aromatic carbocycles. The van der Waals surface area contributed by atoms with Crippen LogP contribution in [0.4, 0.5) is 5.69 Å². The summed E-state index contributed by atoms with van der Waals surface area (Å²) in [6, 6.07) is 7.71. The van der Waals surface area contributed by atoms with Crippen LogP contribution in [0.2, 0.25) is 5.02 Å². The molecule has 0 aliphatic carbocycles. The maximum Gasteiger partial charge on any atom is 0.0723 e. The second-order valence-corrected chi connectivity index (χ2v) is 5.33. The van der Waals surface area contributed by atoms with Gasteiger partial charge in [0.1, 0.15) is 0 Å². The molecule has 16 heavy (non-hydrogen) atoms. The predicted molar refractivity (Wildman–Crippen MR) is 70.1 cm³/mol. The Balaban J connectivity index is 2.56. The highest BCUT2D eigenvalue weighted by Crippen LogP contribution is 2.26. The predicted octanol–water partition coefficient (Wildman–Crippen LogP) is 4.10. The Morgan fingerprint density at radius 1 is 1.19 bits per heavy atom. The van der Waals surface area contributed by atoms with E-state index >= 15 is 0 Å². The third kappa shape index (κ3) is 2.45. The highest BCUT2D eigenvalue weighted by Gasteiger charge is 2.11. The zero-order valence-electron chi connectivity index (χ0n) is 9.71. The van der Waals surface area contributed by atoms with Gasteiger partial charge in [0.25, 0.3) is 0 Å². The average molecular weight is 235 g/mol. The summed E-state index contributed by atoms with van der Waals surface area (Å²) in [4.78, 5) is 4.31. The molecule has 0 fully saturated rings. The van der Waals surface area contributed by atoms with Crippen LogP contribution in [0, 0.1) is 0 Å². The van der Waals surface area contributed by atoms with Crippen LogP contribution in [0.5, 0.6) is 0 Å². The van der Waals surface area contributed by atoms with E-state index in [0.717, 1.165) is 21.6 Å². The molecule has 0 radical (unpaired) electrons. The molecule has 0 saturated heterocycles. The van der Waals surface area contributed by atoms with Crippen molar-refractivity contribution >= 4 is 28.2 Å². The minimum absolute atomic E-state index is 0.0244. The number of pyridine rings is 1. The fourth-order valence-electron chi connectivity index (χ4n) is 1.63. The Bertz CT molecular complexity index is 515. The summed E-state index contributed by atoms with van der Waals surface area (Å²) in [6.45, 7) is 6.39. The fraction of sp³-hybridized carbons (Fsp3) is 0.308. The molecule has 0 atom stereocenters. The maximum atomic E-state index is 6.01. The van der Waals surface area contributed by atoms with Crippen molar-refractivity contribution in [2.45, 2.75) is 26.3 Å². The molecule has 3 heteroatoms. The minimum atomic E-state index is 0.0244. The van der Waals surface area contributed by atoms with Crippen molar-refractivity contribution in [3.05, 3.63) is 35.5 Å². The van der Waals surface area contributed by atoms with Gasteiger partial charge in [-0.15, -0.1) is 0 Å². The molecule has 0 bridgehead atoms. The van der Waals surface area contributed by atoms with Crippen molar-refractivity contribution in [1.29, 1.82) is 0 Å². The lowest BCUT2D eigenvalue weighted by Crippen LogP contribution is -2.26. The van der Waals surface area contributed by atoms with Crippen LogP contribution < -0.4 is 5.32 Å². The second-order valence-electron chi connectivity index (χ2n) is 4.89. The Morgan fingerprint density at radius 3 is 2.62 bits per heavy atom. The lowest BCUT2D eigenvalue weighted by Gasteiger charge is -2.23. The molecule has 1 N–H and O–H groups in total. The molecular weight excluding hydrogens is 220 g/mol. The third-order valence-corrected chi connectivity index (χ3v) is 2.45. The van der Waals surface area contributed by atoms with Gasteiger partial charge in [0.15, 0.2) is 0 Å². The molecule has 84 valence electrons. The van der Waals surface area contributed by atoms with E-state index in [-0.39, 0.29) is 5.54 Å². The first-order chi connectivity index (χ1) is 7.46. The van der Waals surface area contributed by atoms with E-state index in [1.807, 2.05) is 30.5 Å². The van der Waals surface area contributed by atoms with E-state index in [9.17, 15) is 0 Å². The van der Waals surface area contributed by atoms with Crippen LogP contribution in [0.15, 0.2) is 30.5 Å². The number of anilines is 1. The SMILES string of the molecule is CC(C)(C)Nc1ccnc2ccc(Cl)cc12. The molecule has 0 saturated carbocycles. The average Bonchev–Trinajstić information content (AvgIpc) is 2.17. The molecule has 1 heterocycles. The zero-order valence-corrected chi connectivity index (χ0v) is 10.5. The highest BCUT2D eigenvalue weighted by atomic mass is 35.5. The lowest BCUT2D eigenvalue weighted by molar-refractivity contribution is 0.635. The van der Waals surface area contributed by atoms with Crippen LogP contribution in [-0.4, -0.2) is 10.5 Å². The summed E-state index contributed by atoms with van der Waals surface area (Å²) < 4.78 is 0. The summed E-state index contributed by atoms with van der Waals surface area (Å²) >= 11 is 6.01. The molecule has 0 aliphatic heterocycles. The van der Waals surface area contributed by atoms with Gasteiger partial charge in [-0.3, -0.25) is 4.98 Å². The third-order valence-electron chi connectivity index (χ3n) is 2.21. The monoisotopic (exact) mass is 234 g/mol. The number of fused-ring (bicyclic) bond motifs is 1. The fourth-order valence-corrected chi connectivity index (χ4v) is 1.80. The van der Waals surface area contributed by atoms with Crippen LogP contribution in [0.3, 0.4) is 0 Å². The summed E-state index contributed by atoms with van der Waals surface area (Å²) in [5, 5.41) is 5.25. The molecule has 2 aromatic rings. The van der Waals surface area contributed by atoms with Gasteiger partial charge in [0.05, 0.1) is 5.52 Å². The number of benzene rings is 1. The molecule has 0 unspecified atom stereocenters. The first-order valence-electron chi connectivity index (χ1n) is 5.28. The molecule has 0 aliphatic rings. The van der Waals surface area contributed by atoms with E-state index in [1.165, 1.54) is 0 Å². The van der Waals surface area contributed by atoms with Gasteiger partial charge in [-0.1, -0.05) is 11.6 Å². The molecule has 2 rings (SSSR count). The number of hydrogen-bond acceptors (Lipinski definition) is 2. The van der Waals surface area contributed by atoms with Crippen molar-refractivity contribution < 1.29 is 0 Å². The number of aromatic nitrogens is 1. The Hall–Kier alpha value is -1.28. The number of halogens is 1. The van der Waals surface area contributed by atoms with Crippen LogP contribution in [0.1, 0.15) is 20.8 Å². The Kier molecular flexibility index (Phi) is 2.76. The van der Waals surface area contributed by atoms with E-state index in [1.54, 1.807) is 0 Å². The molecule has 2 nitrogen and oxygen atoms in total.